The molecule has 136 valence electrons. The Hall–Kier alpha value is -3.65. The molecule has 26 heavy (non-hydrogen) atoms. The van der Waals surface area contributed by atoms with Crippen LogP contribution in [0.5, 0.6) is 5.75 Å². The summed E-state index contributed by atoms with van der Waals surface area (Å²) in [5.41, 5.74) is 0.669. The monoisotopic (exact) mass is 359 g/mol. The van der Waals surface area contributed by atoms with Crippen LogP contribution in [0.15, 0.2) is 24.3 Å². The highest BCUT2D eigenvalue weighted by molar-refractivity contribution is 5.81. The number of esters is 1. The van der Waals surface area contributed by atoms with Gasteiger partial charge in [-0.05, 0) is 17.7 Å². The number of hydrogen-bond donors (Lipinski definition) is 1. The van der Waals surface area contributed by atoms with Crippen molar-refractivity contribution in [3.8, 4) is 30.4 Å². The highest BCUT2D eigenvalue weighted by Crippen LogP contribution is 2.14. The topological polar surface area (TPSA) is 100 Å². The van der Waals surface area contributed by atoms with Crippen molar-refractivity contribution in [1.82, 2.24) is 5.32 Å². The smallest absolute Gasteiger partial charge is 0.467 e. The maximum absolute atomic E-state index is 11.8. The lowest BCUT2D eigenvalue weighted by molar-refractivity contribution is -0.142. The van der Waals surface area contributed by atoms with E-state index < -0.39 is 24.3 Å². The summed E-state index contributed by atoms with van der Waals surface area (Å²) in [5, 5.41) is 2.37. The first-order valence-electron chi connectivity index (χ1n) is 7.31. The third-order valence-corrected chi connectivity index (χ3v) is 2.90. The fourth-order valence-corrected chi connectivity index (χ4v) is 1.78. The van der Waals surface area contributed by atoms with Crippen LogP contribution in [0.1, 0.15) is 5.56 Å². The molecule has 1 N–H and O–H groups in total. The Kier molecular flexibility index (Phi) is 8.63. The molecule has 0 heterocycles. The number of amides is 1. The number of benzene rings is 1. The summed E-state index contributed by atoms with van der Waals surface area (Å²) in [7, 11) is 1.20. The highest BCUT2D eigenvalue weighted by Gasteiger charge is 2.22. The molecule has 0 unspecified atom stereocenters. The minimum absolute atomic E-state index is 0.125. The fourth-order valence-electron chi connectivity index (χ4n) is 1.78. The molecule has 0 aromatic heterocycles. The van der Waals surface area contributed by atoms with Crippen molar-refractivity contribution in [3.05, 3.63) is 29.8 Å². The molecule has 8 nitrogen and oxygen atoms in total. The van der Waals surface area contributed by atoms with Gasteiger partial charge in [0.1, 0.15) is 11.8 Å². The van der Waals surface area contributed by atoms with Gasteiger partial charge in [0.2, 0.25) is 0 Å². The van der Waals surface area contributed by atoms with Crippen LogP contribution in [0.3, 0.4) is 0 Å². The predicted octanol–water partition coefficient (Wildman–Crippen LogP) is 1.28. The standard InChI is InChI=1S/C18H17NO7/c1-4-10-24-17(21)19-15(16(20)23-3)12-13-6-8-14(9-7-13)26-18(22)25-11-5-2/h1-2,6-9,15H,10-12H2,3H3,(H,19,21)/t15-/m0/s1. The molecular weight excluding hydrogens is 342 g/mol. The fraction of sp³-hybridized carbons (Fsp3) is 0.278. The molecule has 1 rings (SSSR count). The third kappa shape index (κ3) is 7.28. The second kappa shape index (κ2) is 11.0. The Balaban J connectivity index is 2.69. The van der Waals surface area contributed by atoms with Gasteiger partial charge in [-0.15, -0.1) is 12.8 Å². The predicted molar refractivity (Wildman–Crippen MR) is 90.1 cm³/mol. The van der Waals surface area contributed by atoms with E-state index in [1.165, 1.54) is 19.2 Å². The first-order valence-corrected chi connectivity index (χ1v) is 7.31. The zero-order valence-corrected chi connectivity index (χ0v) is 14.0. The molecular formula is C18H17NO7. The van der Waals surface area contributed by atoms with Crippen LogP contribution >= 0.6 is 0 Å². The van der Waals surface area contributed by atoms with Crippen LogP contribution in [-0.2, 0) is 25.4 Å². The summed E-state index contributed by atoms with van der Waals surface area (Å²) in [6, 6.07) is 5.23. The Bertz CT molecular complexity index is 713. The molecule has 1 aromatic rings. The van der Waals surface area contributed by atoms with Gasteiger partial charge in [0.25, 0.3) is 0 Å². The number of carbonyl (C=O) groups is 3. The summed E-state index contributed by atoms with van der Waals surface area (Å²) >= 11 is 0. The number of methoxy groups -OCH3 is 1. The summed E-state index contributed by atoms with van der Waals surface area (Å²) in [5.74, 6) is 3.85. The van der Waals surface area contributed by atoms with E-state index in [1.807, 2.05) is 0 Å². The van der Waals surface area contributed by atoms with Gasteiger partial charge < -0.3 is 24.3 Å². The first-order chi connectivity index (χ1) is 12.5. The van der Waals surface area contributed by atoms with Crippen LogP contribution in [0, 0.1) is 24.7 Å². The van der Waals surface area contributed by atoms with Gasteiger partial charge in [-0.3, -0.25) is 0 Å². The van der Waals surface area contributed by atoms with Gasteiger partial charge in [0.05, 0.1) is 7.11 Å². The van der Waals surface area contributed by atoms with Gasteiger partial charge in [0.15, 0.2) is 13.2 Å². The molecule has 1 amide bonds. The molecule has 1 atom stereocenters. The summed E-state index contributed by atoms with van der Waals surface area (Å²) in [6.07, 6.45) is 8.31. The van der Waals surface area contributed by atoms with E-state index in [0.29, 0.717) is 5.56 Å². The minimum Gasteiger partial charge on any atom is -0.467 e. The van der Waals surface area contributed by atoms with Crippen molar-refractivity contribution < 1.29 is 33.3 Å². The number of ether oxygens (including phenoxy) is 4. The molecule has 0 spiro atoms. The molecule has 0 fully saturated rings. The first kappa shape index (κ1) is 20.4. The van der Waals surface area contributed by atoms with E-state index in [4.69, 9.17) is 17.6 Å². The largest absolute Gasteiger partial charge is 0.514 e. The SMILES string of the molecule is C#CCOC(=O)N[C@@H](Cc1ccc(OC(=O)OCC#C)cc1)C(=O)OC. The van der Waals surface area contributed by atoms with Crippen LogP contribution in [0.25, 0.3) is 0 Å². The van der Waals surface area contributed by atoms with Crippen molar-refractivity contribution in [2.24, 2.45) is 0 Å². The number of terminal acetylenes is 2. The molecule has 0 saturated carbocycles. The van der Waals surface area contributed by atoms with Crippen molar-refractivity contribution >= 4 is 18.2 Å². The average molecular weight is 359 g/mol. The van der Waals surface area contributed by atoms with Crippen molar-refractivity contribution in [2.75, 3.05) is 20.3 Å². The van der Waals surface area contributed by atoms with Crippen molar-refractivity contribution in [3.63, 3.8) is 0 Å². The van der Waals surface area contributed by atoms with Crippen LogP contribution in [0.2, 0.25) is 0 Å². The van der Waals surface area contributed by atoms with Crippen molar-refractivity contribution in [2.45, 2.75) is 12.5 Å². The molecule has 0 radical (unpaired) electrons. The van der Waals surface area contributed by atoms with Gasteiger partial charge in [-0.2, -0.15) is 0 Å². The second-order valence-corrected chi connectivity index (χ2v) is 4.69. The maximum atomic E-state index is 11.8. The zero-order chi connectivity index (χ0) is 19.4. The molecule has 8 heteroatoms. The number of rotatable bonds is 7. The van der Waals surface area contributed by atoms with Crippen LogP contribution in [0.4, 0.5) is 9.59 Å². The summed E-state index contributed by atoms with van der Waals surface area (Å²) in [6.45, 7) is -0.416. The van der Waals surface area contributed by atoms with Gasteiger partial charge in [-0.25, -0.2) is 14.4 Å². The van der Waals surface area contributed by atoms with Crippen LogP contribution in [-0.4, -0.2) is 44.6 Å². The van der Waals surface area contributed by atoms with E-state index in [0.717, 1.165) is 0 Å². The Morgan fingerprint density at radius 1 is 1.08 bits per heavy atom. The minimum atomic E-state index is -0.974. The lowest BCUT2D eigenvalue weighted by atomic mass is 10.1. The molecule has 0 aliphatic rings. The average Bonchev–Trinajstić information content (AvgIpc) is 2.65. The Morgan fingerprint density at radius 2 is 1.69 bits per heavy atom. The quantitative estimate of drug-likeness (QED) is 0.339. The number of alkyl carbamates (subject to hydrolysis) is 1. The Morgan fingerprint density at radius 3 is 2.27 bits per heavy atom. The summed E-state index contributed by atoms with van der Waals surface area (Å²) < 4.78 is 18.8. The van der Waals surface area contributed by atoms with Gasteiger partial charge in [-0.1, -0.05) is 24.0 Å². The molecule has 0 bridgehead atoms. The molecule has 1 aromatic carbocycles. The van der Waals surface area contributed by atoms with Crippen molar-refractivity contribution in [1.29, 1.82) is 0 Å². The van der Waals surface area contributed by atoms with E-state index >= 15 is 0 Å². The molecule has 0 saturated heterocycles. The normalized spacial score (nSPS) is 10.4. The van der Waals surface area contributed by atoms with Gasteiger partial charge in [0, 0.05) is 6.42 Å². The Labute approximate surface area is 150 Å². The van der Waals surface area contributed by atoms with E-state index in [-0.39, 0.29) is 25.4 Å². The second-order valence-electron chi connectivity index (χ2n) is 4.69. The summed E-state index contributed by atoms with van der Waals surface area (Å²) in [4.78, 5) is 34.7. The van der Waals surface area contributed by atoms with E-state index in [2.05, 4.69) is 31.4 Å². The van der Waals surface area contributed by atoms with Gasteiger partial charge >= 0.3 is 18.2 Å². The highest BCUT2D eigenvalue weighted by atomic mass is 16.7. The maximum Gasteiger partial charge on any atom is 0.514 e. The number of nitrogens with one attached hydrogen (secondary N) is 1. The number of hydrogen-bond acceptors (Lipinski definition) is 7. The molecule has 0 aliphatic carbocycles. The van der Waals surface area contributed by atoms with E-state index in [1.54, 1.807) is 12.1 Å². The lowest BCUT2D eigenvalue weighted by Gasteiger charge is -2.16. The molecule has 0 aliphatic heterocycles. The lowest BCUT2D eigenvalue weighted by Crippen LogP contribution is -2.43. The van der Waals surface area contributed by atoms with Crippen LogP contribution < -0.4 is 10.1 Å². The van der Waals surface area contributed by atoms with E-state index in [9.17, 15) is 14.4 Å². The number of carbonyl (C=O) groups excluding carboxylic acids is 3. The zero-order valence-electron chi connectivity index (χ0n) is 14.0. The third-order valence-electron chi connectivity index (χ3n) is 2.90.